The predicted molar refractivity (Wildman–Crippen MR) is 360 cm³/mol. The van der Waals surface area contributed by atoms with Crippen molar-refractivity contribution in [3.05, 3.63) is 135 Å². The van der Waals surface area contributed by atoms with Gasteiger partial charge in [-0.25, -0.2) is 23.6 Å². The number of phosphoric acid groups is 1. The summed E-state index contributed by atoms with van der Waals surface area (Å²) in [4.78, 5) is 12.5. The van der Waals surface area contributed by atoms with E-state index in [0.29, 0.717) is 51.3 Å². The van der Waals surface area contributed by atoms with Crippen LogP contribution in [0.1, 0.15) is 183 Å². The molecule has 0 bridgehead atoms. The summed E-state index contributed by atoms with van der Waals surface area (Å²) in [5.41, 5.74) is 12.8. The molecule has 0 unspecified atom stereocenters. The first-order chi connectivity index (χ1) is 46.8. The molecular formula is C70H85Cl2N12O12P. The van der Waals surface area contributed by atoms with Gasteiger partial charge in [0.25, 0.3) is 0 Å². The van der Waals surface area contributed by atoms with Gasteiger partial charge in [0.1, 0.15) is 84.6 Å². The topological polar surface area (TPSA) is 315 Å². The van der Waals surface area contributed by atoms with Crippen LogP contribution in [0.25, 0.3) is 11.0 Å². The van der Waals surface area contributed by atoms with Crippen LogP contribution in [0.4, 0.5) is 11.6 Å². The zero-order chi connectivity index (χ0) is 68.4. The molecule has 0 aliphatic carbocycles. The average Bonchev–Trinajstić information content (AvgIpc) is 1.57. The van der Waals surface area contributed by atoms with Crippen molar-refractivity contribution in [1.29, 1.82) is 15.8 Å². The Balaban J connectivity index is 0.838. The fourth-order valence-corrected chi connectivity index (χ4v) is 15.2. The first kappa shape index (κ1) is 71.2. The summed E-state index contributed by atoms with van der Waals surface area (Å²) in [6.07, 6.45) is 19.0. The molecule has 5 aromatic heterocycles. The number of halogens is 2. The highest BCUT2D eigenvalue weighted by Crippen LogP contribution is 2.57. The second-order valence-electron chi connectivity index (χ2n) is 26.3. The zero-order valence-electron chi connectivity index (χ0n) is 55.5. The number of nitrogens with two attached hydrogens (primary N) is 2. The van der Waals surface area contributed by atoms with Crippen LogP contribution in [0.3, 0.4) is 0 Å². The van der Waals surface area contributed by atoms with E-state index in [4.69, 9.17) is 86.1 Å². The van der Waals surface area contributed by atoms with Crippen molar-refractivity contribution in [2.75, 3.05) is 31.3 Å². The molecule has 0 amide bonds. The summed E-state index contributed by atoms with van der Waals surface area (Å²) in [6, 6.07) is 25.2. The van der Waals surface area contributed by atoms with Gasteiger partial charge in [-0.05, 0) is 93.3 Å². The Bertz CT molecular complexity index is 3850. The number of anilines is 2. The van der Waals surface area contributed by atoms with Crippen LogP contribution in [0, 0.1) is 34.0 Å². The van der Waals surface area contributed by atoms with Gasteiger partial charge >= 0.3 is 7.82 Å². The molecule has 2 aromatic carbocycles. The third kappa shape index (κ3) is 16.5. The maximum Gasteiger partial charge on any atom is 0.587 e. The first-order valence-corrected chi connectivity index (χ1v) is 35.8. The Kier molecular flexibility index (Phi) is 23.1. The van der Waals surface area contributed by atoms with Crippen LogP contribution in [-0.2, 0) is 66.4 Å². The molecule has 9 heterocycles. The van der Waals surface area contributed by atoms with Gasteiger partial charge in [-0.15, -0.1) is 0 Å². The maximum absolute atomic E-state index is 16.0. The molecule has 7 aromatic rings. The molecule has 9 atom stereocenters. The highest BCUT2D eigenvalue weighted by molar-refractivity contribution is 7.49. The summed E-state index contributed by atoms with van der Waals surface area (Å²) in [6.45, 7) is 9.24. The standard InChI is InChI=1S/C70H85Cl2N12O12P/c1-6-7-8-9-10-11-12-13-14-15-16-17-18-19-20-21-32-86-40-50(87-39-47-33-46(36-73)37-78-38-47)41-88-97(85,95-55-26-22-24-48(57(55)71)34-69(42-74)63-61(89-67(2,3)93-63)59(91-69)51-28-30-53-65(76)79-44-81-83(51)53)96-56-27-23-25-49(58(56)72)35-70(43-75)64-62(90-68(4,5)94-64)60(92-70)52-29-31-54-66(77)80-45-82-84(52)54/h22-31,33,37-38,44-45,50,59-64H,6-21,32,34-35,39-41H2,1-5H3,(H2,76,79,81)(H2,77,80,82)/t50-,59-,60-,61-,62-,63-,64-,69-,70-/m1/s1. The van der Waals surface area contributed by atoms with Gasteiger partial charge in [-0.1, -0.05) is 151 Å². The molecule has 11 rings (SSSR count). The average molecular weight is 1390 g/mol. The second-order valence-corrected chi connectivity index (χ2v) is 28.5. The minimum absolute atomic E-state index is 0.000702. The van der Waals surface area contributed by atoms with Gasteiger partial charge in [-0.3, -0.25) is 9.51 Å². The van der Waals surface area contributed by atoms with Crippen LogP contribution in [0.2, 0.25) is 10.0 Å². The van der Waals surface area contributed by atoms with Crippen LogP contribution in [0.5, 0.6) is 11.5 Å². The van der Waals surface area contributed by atoms with E-state index in [1.807, 2.05) is 0 Å². The van der Waals surface area contributed by atoms with Gasteiger partial charge in [-0.2, -0.15) is 26.0 Å². The summed E-state index contributed by atoms with van der Waals surface area (Å²) in [5.74, 6) is -2.10. The molecule has 0 spiro atoms. The second kappa shape index (κ2) is 31.4. The number of nitrogens with zero attached hydrogens (tertiary/aromatic N) is 10. The quantitative estimate of drug-likeness (QED) is 0.0275. The number of unbranched alkanes of at least 4 members (excludes halogenated alkanes) is 15. The summed E-state index contributed by atoms with van der Waals surface area (Å²) in [7, 11) is -5.02. The summed E-state index contributed by atoms with van der Waals surface area (Å²) >= 11 is 14.7. The first-order valence-electron chi connectivity index (χ1n) is 33.6. The van der Waals surface area contributed by atoms with Crippen LogP contribution in [-0.4, -0.2) is 107 Å². The number of aromatic nitrogens is 7. The van der Waals surface area contributed by atoms with Crippen molar-refractivity contribution in [3.63, 3.8) is 0 Å². The monoisotopic (exact) mass is 1390 g/mol. The third-order valence-corrected chi connectivity index (χ3v) is 20.3. The fourth-order valence-electron chi connectivity index (χ4n) is 13.4. The van der Waals surface area contributed by atoms with Crippen LogP contribution in [0.15, 0.2) is 91.8 Å². The van der Waals surface area contributed by atoms with E-state index in [1.165, 1.54) is 108 Å². The van der Waals surface area contributed by atoms with E-state index in [0.717, 1.165) is 25.7 Å². The number of phosphoric ester groups is 1. The lowest BCUT2D eigenvalue weighted by molar-refractivity contribution is -0.200. The molecule has 4 aliphatic rings. The Hall–Kier alpha value is -7.05. The number of nitrogen functional groups attached to an aromatic ring is 2. The molecule has 0 radical (unpaired) electrons. The van der Waals surface area contributed by atoms with Crippen LogP contribution < -0.4 is 20.5 Å². The minimum atomic E-state index is -5.02. The van der Waals surface area contributed by atoms with Crippen LogP contribution >= 0.6 is 31.0 Å². The smallest absolute Gasteiger partial charge is 0.393 e. The molecule has 4 fully saturated rings. The molecule has 97 heavy (non-hydrogen) atoms. The van der Waals surface area contributed by atoms with E-state index in [1.54, 1.807) is 97.5 Å². The predicted octanol–water partition coefficient (Wildman–Crippen LogP) is 14.1. The van der Waals surface area contributed by atoms with E-state index in [-0.39, 0.29) is 59.2 Å². The number of benzene rings is 2. The summed E-state index contributed by atoms with van der Waals surface area (Å²) in [5, 5.41) is 41.0. The van der Waals surface area contributed by atoms with Gasteiger partial charge in [0.05, 0.1) is 46.8 Å². The minimum Gasteiger partial charge on any atom is -0.393 e. The largest absolute Gasteiger partial charge is 0.587 e. The van der Waals surface area contributed by atoms with Crippen molar-refractivity contribution in [2.24, 2.45) is 0 Å². The molecule has 4 aliphatic heterocycles. The molecule has 24 nitrogen and oxygen atoms in total. The molecular weight excluding hydrogens is 1300 g/mol. The van der Waals surface area contributed by atoms with Crippen molar-refractivity contribution in [3.8, 4) is 29.7 Å². The maximum atomic E-state index is 16.0. The van der Waals surface area contributed by atoms with Crippen molar-refractivity contribution in [1.82, 2.24) is 34.2 Å². The van der Waals surface area contributed by atoms with E-state index >= 15 is 4.57 Å². The number of hydrogen-bond acceptors (Lipinski definition) is 22. The number of rotatable bonds is 35. The number of ether oxygens (including phenoxy) is 8. The molecule has 516 valence electrons. The number of fused-ring (bicyclic) bond motifs is 4. The molecule has 4 N–H and O–H groups in total. The highest BCUT2D eigenvalue weighted by Gasteiger charge is 2.66. The lowest BCUT2D eigenvalue weighted by Crippen LogP contribution is -2.44. The van der Waals surface area contributed by atoms with Gasteiger partial charge in [0, 0.05) is 31.8 Å². The van der Waals surface area contributed by atoms with Gasteiger partial charge in [0.15, 0.2) is 45.9 Å². The van der Waals surface area contributed by atoms with Crippen molar-refractivity contribution in [2.45, 2.75) is 222 Å². The zero-order valence-corrected chi connectivity index (χ0v) is 57.9. The van der Waals surface area contributed by atoms with E-state index in [9.17, 15) is 15.8 Å². The third-order valence-electron chi connectivity index (χ3n) is 18.1. The Morgan fingerprint density at radius 3 is 1.56 bits per heavy atom. The Labute approximate surface area is 575 Å². The normalized spacial score (nSPS) is 23.5. The Morgan fingerprint density at radius 2 is 1.09 bits per heavy atom. The molecule has 0 saturated carbocycles. The van der Waals surface area contributed by atoms with Gasteiger partial charge in [0.2, 0.25) is 0 Å². The van der Waals surface area contributed by atoms with E-state index < -0.39 is 79.9 Å². The fraction of sp³-hybridized carbons (Fsp3) is 0.543. The lowest BCUT2D eigenvalue weighted by atomic mass is 9.88. The number of pyridine rings is 1. The van der Waals surface area contributed by atoms with Crippen molar-refractivity contribution >= 4 is 53.7 Å². The number of nitriles is 3. The molecule has 27 heteroatoms. The molecule has 4 saturated heterocycles. The Morgan fingerprint density at radius 1 is 0.619 bits per heavy atom. The van der Waals surface area contributed by atoms with Crippen molar-refractivity contribution < 1.29 is 56.0 Å². The van der Waals surface area contributed by atoms with Gasteiger partial charge < -0.3 is 58.4 Å². The lowest BCUT2D eigenvalue weighted by Gasteiger charge is -2.30. The van der Waals surface area contributed by atoms with E-state index in [2.05, 4.69) is 50.3 Å². The number of hydrogen-bond donors (Lipinski definition) is 2. The SMILES string of the molecule is CCCCCCCCCCCCCCCCCCOC[C@H](COP(=O)(Oc1cccc(C[C@]2(C#N)O[C@H](c3ccc4c(N)ncnn34)[C@H]3OC(C)(C)O[C@H]32)c1Cl)Oc1cccc(C[C@]2(C#N)O[C@H](c3ccc4c(N)ncnn34)[C@H]3OC(C)(C)O[C@H]32)c1Cl)OCc1cncc(C#N)c1. The highest BCUT2D eigenvalue weighted by atomic mass is 35.5. The summed E-state index contributed by atoms with van der Waals surface area (Å²) < 4.78 is 90.5.